The molecule has 2 atom stereocenters. The summed E-state index contributed by atoms with van der Waals surface area (Å²) in [7, 11) is 0. The van der Waals surface area contributed by atoms with Crippen molar-refractivity contribution in [2.75, 3.05) is 18.0 Å². The van der Waals surface area contributed by atoms with Crippen LogP contribution in [0.3, 0.4) is 0 Å². The van der Waals surface area contributed by atoms with Gasteiger partial charge < -0.3 is 9.64 Å². The zero-order chi connectivity index (χ0) is 25.5. The molecule has 2 bridgehead atoms. The van der Waals surface area contributed by atoms with Crippen LogP contribution in [0.2, 0.25) is 0 Å². The monoisotopic (exact) mass is 503 g/mol. The molecule has 4 heterocycles. The number of halogens is 2. The van der Waals surface area contributed by atoms with Crippen LogP contribution in [0.4, 0.5) is 14.7 Å². The maximum absolute atomic E-state index is 14.9. The predicted molar refractivity (Wildman–Crippen MR) is 133 cm³/mol. The lowest BCUT2D eigenvalue weighted by Gasteiger charge is -2.61. The van der Waals surface area contributed by atoms with Crippen molar-refractivity contribution in [2.24, 2.45) is 5.92 Å². The molecule has 0 unspecified atom stereocenters. The van der Waals surface area contributed by atoms with E-state index < -0.39 is 11.6 Å². The predicted octanol–water partition coefficient (Wildman–Crippen LogP) is 4.65. The van der Waals surface area contributed by atoms with E-state index in [4.69, 9.17) is 14.7 Å². The van der Waals surface area contributed by atoms with Crippen LogP contribution in [-0.4, -0.2) is 48.9 Å². The minimum Gasteiger partial charge on any atom is -0.367 e. The van der Waals surface area contributed by atoms with E-state index in [-0.39, 0.29) is 23.3 Å². The molecule has 1 aliphatic heterocycles. The van der Waals surface area contributed by atoms with Gasteiger partial charge in [0.25, 0.3) is 0 Å². The number of morpholine rings is 1. The average Bonchev–Trinajstić information content (AvgIpc) is 3.27. The number of ether oxygens (including phenoxy) is 1. The van der Waals surface area contributed by atoms with Crippen LogP contribution in [0.15, 0.2) is 30.6 Å². The Kier molecular flexibility index (Phi) is 4.89. The van der Waals surface area contributed by atoms with Gasteiger partial charge in [-0.3, -0.25) is 4.68 Å². The molecule has 0 N–H and O–H groups in total. The van der Waals surface area contributed by atoms with E-state index in [0.29, 0.717) is 41.6 Å². The Morgan fingerprint density at radius 3 is 2.51 bits per heavy atom. The van der Waals surface area contributed by atoms with Gasteiger partial charge in [-0.2, -0.15) is 10.1 Å². The molecule has 4 fully saturated rings. The fourth-order valence-electron chi connectivity index (χ4n) is 5.89. The first kappa shape index (κ1) is 22.7. The van der Waals surface area contributed by atoms with Crippen molar-refractivity contribution in [1.29, 1.82) is 0 Å². The number of nitrogens with zero attached hydrogens (tertiary/aromatic N) is 7. The molecule has 4 aliphatic rings. The number of fused-ring (bicyclic) bond motifs is 1. The Balaban J connectivity index is 1.28. The molecule has 190 valence electrons. The van der Waals surface area contributed by atoms with E-state index in [1.165, 1.54) is 31.4 Å². The van der Waals surface area contributed by atoms with Gasteiger partial charge in [0.1, 0.15) is 28.9 Å². The van der Waals surface area contributed by atoms with Crippen LogP contribution in [-0.2, 0) is 10.3 Å². The van der Waals surface area contributed by atoms with Crippen molar-refractivity contribution < 1.29 is 13.5 Å². The van der Waals surface area contributed by atoms with Crippen LogP contribution < -0.4 is 4.90 Å². The zero-order valence-electron chi connectivity index (χ0n) is 20.9. The van der Waals surface area contributed by atoms with Crippen LogP contribution in [0.5, 0.6) is 0 Å². The number of aromatic nitrogens is 6. The summed E-state index contributed by atoms with van der Waals surface area (Å²) in [5.41, 5.74) is 3.88. The Morgan fingerprint density at radius 2 is 1.78 bits per heavy atom. The quantitative estimate of drug-likeness (QED) is 0.401. The van der Waals surface area contributed by atoms with Crippen LogP contribution >= 0.6 is 0 Å². The second-order valence-electron chi connectivity index (χ2n) is 10.8. The van der Waals surface area contributed by atoms with Crippen molar-refractivity contribution in [3.05, 3.63) is 59.2 Å². The van der Waals surface area contributed by atoms with Gasteiger partial charge in [-0.1, -0.05) is 0 Å². The Morgan fingerprint density at radius 1 is 1.00 bits per heavy atom. The molecule has 0 amide bonds. The second-order valence-corrected chi connectivity index (χ2v) is 10.8. The molecule has 3 saturated carbocycles. The Hall–Kier alpha value is -3.53. The number of benzene rings is 1. The minimum atomic E-state index is -0.708. The molecule has 10 heteroatoms. The molecule has 37 heavy (non-hydrogen) atoms. The first-order valence-electron chi connectivity index (χ1n) is 12.7. The van der Waals surface area contributed by atoms with Crippen molar-refractivity contribution in [3.63, 3.8) is 0 Å². The molecular weight excluding hydrogens is 476 g/mol. The van der Waals surface area contributed by atoms with Gasteiger partial charge in [0.2, 0.25) is 5.95 Å². The van der Waals surface area contributed by atoms with Gasteiger partial charge in [0.05, 0.1) is 35.8 Å². The normalized spacial score (nSPS) is 26.7. The summed E-state index contributed by atoms with van der Waals surface area (Å²) in [5.74, 6) is -0.0760. The van der Waals surface area contributed by atoms with Gasteiger partial charge in [0, 0.05) is 29.9 Å². The van der Waals surface area contributed by atoms with E-state index in [2.05, 4.69) is 25.9 Å². The van der Waals surface area contributed by atoms with Gasteiger partial charge in [-0.05, 0) is 58.1 Å². The largest absolute Gasteiger partial charge is 0.367 e. The summed E-state index contributed by atoms with van der Waals surface area (Å²) in [5, 5.41) is 4.67. The first-order chi connectivity index (χ1) is 17.8. The summed E-state index contributed by atoms with van der Waals surface area (Å²) in [6.45, 7) is 6.78. The standard InChI is InChI=1S/C27H27F2N7O/c1-14-11-35(13-22(37-14)18-10-30-36(12-18)27-7-17(8-27)9-27)26-33-23(20-5-4-19(28)6-21(20)29)24-25(34-26)32-16(3)15(2)31-24/h4-6,10,12,14,17,22H,7-9,11,13H2,1-3H3/t14-,17?,22+,27?/m0/s1. The highest BCUT2D eigenvalue weighted by molar-refractivity contribution is 5.88. The zero-order valence-corrected chi connectivity index (χ0v) is 20.9. The van der Waals surface area contributed by atoms with Gasteiger partial charge in [0.15, 0.2) is 5.65 Å². The lowest BCUT2D eigenvalue weighted by Crippen LogP contribution is -2.59. The minimum absolute atomic E-state index is 0.0896. The molecule has 1 saturated heterocycles. The molecule has 4 aromatic rings. The van der Waals surface area contributed by atoms with Crippen molar-refractivity contribution in [1.82, 2.24) is 29.7 Å². The third kappa shape index (κ3) is 3.60. The molecule has 3 aliphatic carbocycles. The van der Waals surface area contributed by atoms with E-state index in [0.717, 1.165) is 23.2 Å². The summed E-state index contributed by atoms with van der Waals surface area (Å²) in [6.07, 6.45) is 7.38. The molecule has 8 rings (SSSR count). The molecule has 0 radical (unpaired) electrons. The maximum atomic E-state index is 14.9. The van der Waals surface area contributed by atoms with Crippen LogP contribution in [0.1, 0.15) is 49.2 Å². The van der Waals surface area contributed by atoms with Gasteiger partial charge in [-0.15, -0.1) is 0 Å². The first-order valence-corrected chi connectivity index (χ1v) is 12.7. The lowest BCUT2D eigenvalue weighted by molar-refractivity contribution is -0.0980. The van der Waals surface area contributed by atoms with E-state index >= 15 is 0 Å². The highest BCUT2D eigenvalue weighted by Crippen LogP contribution is 2.62. The summed E-state index contributed by atoms with van der Waals surface area (Å²) in [4.78, 5) is 20.8. The molecule has 1 aromatic carbocycles. The second kappa shape index (κ2) is 7.98. The highest BCUT2D eigenvalue weighted by Gasteiger charge is 2.58. The number of anilines is 1. The number of aryl methyl sites for hydroxylation is 2. The van der Waals surface area contributed by atoms with Crippen molar-refractivity contribution in [2.45, 2.75) is 57.8 Å². The van der Waals surface area contributed by atoms with Gasteiger partial charge in [-0.25, -0.2) is 23.7 Å². The van der Waals surface area contributed by atoms with Crippen molar-refractivity contribution in [3.8, 4) is 11.3 Å². The third-order valence-electron chi connectivity index (χ3n) is 8.13. The summed E-state index contributed by atoms with van der Waals surface area (Å²) < 4.78 is 37.0. The summed E-state index contributed by atoms with van der Waals surface area (Å²) in [6, 6.07) is 3.46. The number of rotatable bonds is 4. The number of hydrogen-bond donors (Lipinski definition) is 0. The van der Waals surface area contributed by atoms with Crippen LogP contribution in [0, 0.1) is 31.4 Å². The average molecular weight is 504 g/mol. The SMILES string of the molecule is Cc1nc2nc(N3C[C@H](C)O[C@@H](c4cnn(C56CC(C5)C6)c4)C3)nc(-c3ccc(F)cc3F)c2nc1C. The van der Waals surface area contributed by atoms with Crippen LogP contribution in [0.25, 0.3) is 22.4 Å². The van der Waals surface area contributed by atoms with E-state index in [1.807, 2.05) is 31.9 Å². The third-order valence-corrected chi connectivity index (χ3v) is 8.13. The topological polar surface area (TPSA) is 81.9 Å². The van der Waals surface area contributed by atoms with E-state index in [9.17, 15) is 8.78 Å². The molecular formula is C27H27F2N7O. The molecule has 8 nitrogen and oxygen atoms in total. The summed E-state index contributed by atoms with van der Waals surface area (Å²) >= 11 is 0. The lowest BCUT2D eigenvalue weighted by atomic mass is 9.50. The van der Waals surface area contributed by atoms with Gasteiger partial charge >= 0.3 is 0 Å². The molecule has 3 aromatic heterocycles. The Labute approximate surface area is 212 Å². The maximum Gasteiger partial charge on any atom is 0.228 e. The smallest absolute Gasteiger partial charge is 0.228 e. The van der Waals surface area contributed by atoms with Crippen molar-refractivity contribution >= 4 is 17.1 Å². The Bertz CT molecular complexity index is 1540. The fourth-order valence-corrected chi connectivity index (χ4v) is 5.89. The number of hydrogen-bond acceptors (Lipinski definition) is 7. The fraction of sp³-hybridized carbons (Fsp3) is 0.444. The molecule has 0 spiro atoms. The van der Waals surface area contributed by atoms with E-state index in [1.54, 1.807) is 0 Å². The highest BCUT2D eigenvalue weighted by atomic mass is 19.1.